The molecule has 0 saturated heterocycles. The van der Waals surface area contributed by atoms with Crippen LogP contribution in [0.25, 0.3) is 0 Å². The second-order valence-electron chi connectivity index (χ2n) is 4.96. The van der Waals surface area contributed by atoms with Crippen LogP contribution in [0.15, 0.2) is 47.1 Å². The molecule has 0 aliphatic heterocycles. The lowest BCUT2D eigenvalue weighted by molar-refractivity contribution is 0.0561. The zero-order chi connectivity index (χ0) is 15.1. The van der Waals surface area contributed by atoms with Crippen LogP contribution in [0.5, 0.6) is 0 Å². The molecule has 112 valence electrons. The lowest BCUT2D eigenvalue weighted by atomic mass is 10.1. The number of nitrogens with zero attached hydrogens (tertiary/aromatic N) is 1. The summed E-state index contributed by atoms with van der Waals surface area (Å²) in [6, 6.07) is 12.1. The molecule has 1 aromatic carbocycles. The van der Waals surface area contributed by atoms with Gasteiger partial charge in [0, 0.05) is 18.7 Å². The van der Waals surface area contributed by atoms with Crippen LogP contribution in [0.4, 0.5) is 0 Å². The molecule has 4 nitrogen and oxygen atoms in total. The molecule has 0 atom stereocenters. The highest BCUT2D eigenvalue weighted by molar-refractivity contribution is 5.87. The third kappa shape index (κ3) is 4.20. The van der Waals surface area contributed by atoms with Gasteiger partial charge in [0.25, 0.3) is 0 Å². The van der Waals surface area contributed by atoms with Gasteiger partial charge >= 0.3 is 5.97 Å². The molecule has 1 aromatic heterocycles. The Morgan fingerprint density at radius 2 is 1.95 bits per heavy atom. The number of esters is 1. The highest BCUT2D eigenvalue weighted by Gasteiger charge is 2.18. The van der Waals surface area contributed by atoms with E-state index >= 15 is 0 Å². The molecule has 0 aliphatic rings. The lowest BCUT2D eigenvalue weighted by Crippen LogP contribution is -2.24. The van der Waals surface area contributed by atoms with Gasteiger partial charge in [0.1, 0.15) is 0 Å². The number of rotatable bonds is 7. The molecule has 0 spiro atoms. The summed E-state index contributed by atoms with van der Waals surface area (Å²) in [4.78, 5) is 14.0. The van der Waals surface area contributed by atoms with Crippen LogP contribution in [0.1, 0.15) is 35.0 Å². The largest absolute Gasteiger partial charge is 0.463 e. The van der Waals surface area contributed by atoms with Gasteiger partial charge in [-0.3, -0.25) is 4.90 Å². The van der Waals surface area contributed by atoms with Crippen molar-refractivity contribution < 1.29 is 13.9 Å². The minimum atomic E-state index is -0.425. The number of carbonyl (C=O) groups excluding carboxylic acids is 1. The van der Waals surface area contributed by atoms with Crippen molar-refractivity contribution in [2.75, 3.05) is 13.7 Å². The van der Waals surface area contributed by atoms with Gasteiger partial charge in [-0.05, 0) is 24.6 Å². The minimum absolute atomic E-state index is 0.298. The Kier molecular flexibility index (Phi) is 5.58. The molecule has 0 fully saturated rings. The summed E-state index contributed by atoms with van der Waals surface area (Å²) < 4.78 is 9.99. The summed E-state index contributed by atoms with van der Waals surface area (Å²) in [6.45, 7) is 4.62. The number of methoxy groups -OCH3 is 1. The lowest BCUT2D eigenvalue weighted by Gasteiger charge is -2.21. The average Bonchev–Trinajstić information content (AvgIpc) is 2.96. The first-order valence-corrected chi connectivity index (χ1v) is 7.15. The van der Waals surface area contributed by atoms with E-state index in [1.807, 2.05) is 24.3 Å². The molecule has 2 aromatic rings. The summed E-state index contributed by atoms with van der Waals surface area (Å²) in [7, 11) is 1.36. The van der Waals surface area contributed by atoms with E-state index in [4.69, 9.17) is 9.15 Å². The van der Waals surface area contributed by atoms with Crippen LogP contribution in [0.3, 0.4) is 0 Å². The van der Waals surface area contributed by atoms with Crippen molar-refractivity contribution in [1.82, 2.24) is 4.90 Å². The van der Waals surface area contributed by atoms with Crippen LogP contribution in [-0.2, 0) is 17.8 Å². The smallest absolute Gasteiger partial charge is 0.374 e. The molecule has 0 bridgehead atoms. The van der Waals surface area contributed by atoms with Gasteiger partial charge in [0.2, 0.25) is 5.76 Å². The van der Waals surface area contributed by atoms with Crippen molar-refractivity contribution in [2.45, 2.75) is 26.4 Å². The van der Waals surface area contributed by atoms with E-state index in [2.05, 4.69) is 24.0 Å². The quantitative estimate of drug-likeness (QED) is 0.731. The molecule has 21 heavy (non-hydrogen) atoms. The van der Waals surface area contributed by atoms with Gasteiger partial charge < -0.3 is 9.15 Å². The highest BCUT2D eigenvalue weighted by Crippen LogP contribution is 2.16. The number of benzene rings is 1. The Labute approximate surface area is 125 Å². The molecule has 0 aliphatic carbocycles. The van der Waals surface area contributed by atoms with E-state index in [0.717, 1.165) is 25.1 Å². The van der Waals surface area contributed by atoms with Gasteiger partial charge in [-0.2, -0.15) is 0 Å². The van der Waals surface area contributed by atoms with E-state index in [-0.39, 0.29) is 0 Å². The van der Waals surface area contributed by atoms with Crippen LogP contribution in [-0.4, -0.2) is 24.5 Å². The molecular weight excluding hydrogens is 266 g/mol. The average molecular weight is 287 g/mol. The van der Waals surface area contributed by atoms with Gasteiger partial charge in [0.05, 0.1) is 13.4 Å². The van der Waals surface area contributed by atoms with Crippen molar-refractivity contribution in [3.8, 4) is 0 Å². The van der Waals surface area contributed by atoms with E-state index in [1.54, 1.807) is 0 Å². The zero-order valence-electron chi connectivity index (χ0n) is 12.5. The summed E-state index contributed by atoms with van der Waals surface area (Å²) in [5.41, 5.74) is 2.13. The van der Waals surface area contributed by atoms with Gasteiger partial charge in [-0.25, -0.2) is 4.79 Å². The Bertz CT molecular complexity index is 562. The maximum atomic E-state index is 11.7. The topological polar surface area (TPSA) is 42.7 Å². The van der Waals surface area contributed by atoms with E-state index < -0.39 is 5.97 Å². The maximum absolute atomic E-state index is 11.7. The van der Waals surface area contributed by atoms with Gasteiger partial charge in [-0.15, -0.1) is 0 Å². The van der Waals surface area contributed by atoms with Crippen molar-refractivity contribution >= 4 is 5.97 Å². The second kappa shape index (κ2) is 7.64. The Morgan fingerprint density at radius 1 is 1.19 bits per heavy atom. The molecular formula is C17H21NO3. The molecule has 1 heterocycles. The van der Waals surface area contributed by atoms with Crippen LogP contribution in [0.2, 0.25) is 0 Å². The second-order valence-corrected chi connectivity index (χ2v) is 4.96. The Morgan fingerprint density at radius 3 is 2.62 bits per heavy atom. The fraction of sp³-hybridized carbons (Fsp3) is 0.353. The first-order chi connectivity index (χ1) is 10.2. The van der Waals surface area contributed by atoms with Crippen LogP contribution in [0, 0.1) is 0 Å². The number of ether oxygens (including phenoxy) is 1. The number of carbonyl (C=O) groups is 1. The molecule has 4 heteroatoms. The molecule has 0 N–H and O–H groups in total. The van der Waals surface area contributed by atoms with E-state index in [9.17, 15) is 4.79 Å². The van der Waals surface area contributed by atoms with Crippen LogP contribution < -0.4 is 0 Å². The normalized spacial score (nSPS) is 10.8. The third-order valence-corrected chi connectivity index (χ3v) is 3.30. The van der Waals surface area contributed by atoms with Crippen molar-refractivity contribution in [1.29, 1.82) is 0 Å². The monoisotopic (exact) mass is 287 g/mol. The van der Waals surface area contributed by atoms with E-state index in [0.29, 0.717) is 12.3 Å². The van der Waals surface area contributed by atoms with Crippen molar-refractivity contribution in [3.63, 3.8) is 0 Å². The Balaban J connectivity index is 2.09. The number of hydrogen-bond donors (Lipinski definition) is 0. The minimum Gasteiger partial charge on any atom is -0.463 e. The summed E-state index contributed by atoms with van der Waals surface area (Å²) in [5.74, 6) is -0.127. The standard InChI is InChI=1S/C17H21NO3/c1-3-10-18(12-14-7-5-4-6-8-14)13-15-9-11-21-16(15)17(19)20-2/h4-9,11H,3,10,12-13H2,1-2H3. The Hall–Kier alpha value is -2.07. The number of hydrogen-bond acceptors (Lipinski definition) is 4. The SMILES string of the molecule is CCCN(Cc1ccccc1)Cc1ccoc1C(=O)OC. The first-order valence-electron chi connectivity index (χ1n) is 7.15. The molecule has 0 radical (unpaired) electrons. The van der Waals surface area contributed by atoms with Crippen LogP contribution >= 0.6 is 0 Å². The fourth-order valence-corrected chi connectivity index (χ4v) is 2.34. The summed E-state index contributed by atoms with van der Waals surface area (Å²) in [6.07, 6.45) is 2.59. The molecule has 2 rings (SSSR count). The van der Waals surface area contributed by atoms with E-state index in [1.165, 1.54) is 18.9 Å². The first kappa shape index (κ1) is 15.3. The summed E-state index contributed by atoms with van der Waals surface area (Å²) >= 11 is 0. The predicted molar refractivity (Wildman–Crippen MR) is 80.9 cm³/mol. The van der Waals surface area contributed by atoms with Crippen molar-refractivity contribution in [3.05, 3.63) is 59.5 Å². The molecule has 0 saturated carbocycles. The molecule has 0 unspecified atom stereocenters. The number of furan rings is 1. The van der Waals surface area contributed by atoms with Gasteiger partial charge in [-0.1, -0.05) is 37.3 Å². The fourth-order valence-electron chi connectivity index (χ4n) is 2.34. The molecule has 0 amide bonds. The van der Waals surface area contributed by atoms with Gasteiger partial charge in [0.15, 0.2) is 0 Å². The highest BCUT2D eigenvalue weighted by atomic mass is 16.5. The maximum Gasteiger partial charge on any atom is 0.374 e. The zero-order valence-corrected chi connectivity index (χ0v) is 12.5. The third-order valence-electron chi connectivity index (χ3n) is 3.30. The van der Waals surface area contributed by atoms with Crippen molar-refractivity contribution in [2.24, 2.45) is 0 Å². The predicted octanol–water partition coefficient (Wildman–Crippen LogP) is 3.48. The summed E-state index contributed by atoms with van der Waals surface area (Å²) in [5, 5.41) is 0.